The highest BCUT2D eigenvalue weighted by molar-refractivity contribution is 7.10. The van der Waals surface area contributed by atoms with E-state index in [0.29, 0.717) is 13.0 Å². The average Bonchev–Trinajstić information content (AvgIpc) is 2.96. The number of aryl methyl sites for hydroxylation is 1. The smallest absolute Gasteiger partial charge is 0.255 e. The van der Waals surface area contributed by atoms with Gasteiger partial charge in [-0.2, -0.15) is 0 Å². The number of thiophene rings is 1. The average molecular weight is 362 g/mol. The van der Waals surface area contributed by atoms with E-state index in [2.05, 4.69) is 22.6 Å². The van der Waals surface area contributed by atoms with Gasteiger partial charge in [0.25, 0.3) is 5.91 Å². The van der Waals surface area contributed by atoms with Gasteiger partial charge in [-0.15, -0.1) is 11.3 Å². The van der Waals surface area contributed by atoms with Crippen LogP contribution in [-0.4, -0.2) is 60.4 Å². The molecule has 0 unspecified atom stereocenters. The van der Waals surface area contributed by atoms with Crippen molar-refractivity contribution in [2.45, 2.75) is 50.5 Å². The monoisotopic (exact) mass is 361 g/mol. The first-order chi connectivity index (χ1) is 12.1. The van der Waals surface area contributed by atoms with Gasteiger partial charge < -0.3 is 10.2 Å². The molecule has 2 amide bonds. The Balaban J connectivity index is 1.55. The zero-order chi connectivity index (χ0) is 17.4. The molecule has 0 saturated carbocycles. The maximum atomic E-state index is 13.2. The molecule has 136 valence electrons. The molecular weight excluding hydrogens is 334 g/mol. The van der Waals surface area contributed by atoms with Crippen LogP contribution in [0, 0.1) is 0 Å². The SMILES string of the molecule is CN1CCN(C(=O)c2csc3c2CCCC3)C[C@@]12CCNC(=O)CC2. The largest absolute Gasteiger partial charge is 0.356 e. The highest BCUT2D eigenvalue weighted by Crippen LogP contribution is 2.34. The predicted octanol–water partition coefficient (Wildman–Crippen LogP) is 2.05. The van der Waals surface area contributed by atoms with E-state index < -0.39 is 0 Å². The van der Waals surface area contributed by atoms with Crippen molar-refractivity contribution in [2.24, 2.45) is 0 Å². The highest BCUT2D eigenvalue weighted by atomic mass is 32.1. The number of piperazine rings is 1. The number of fused-ring (bicyclic) bond motifs is 1. The molecule has 3 aliphatic rings. The minimum atomic E-state index is -0.0663. The van der Waals surface area contributed by atoms with E-state index in [4.69, 9.17) is 0 Å². The van der Waals surface area contributed by atoms with Crippen LogP contribution in [-0.2, 0) is 17.6 Å². The molecule has 4 rings (SSSR count). The van der Waals surface area contributed by atoms with Gasteiger partial charge in [0.2, 0.25) is 5.91 Å². The van der Waals surface area contributed by atoms with Gasteiger partial charge in [0.15, 0.2) is 0 Å². The summed E-state index contributed by atoms with van der Waals surface area (Å²) in [7, 11) is 2.14. The number of rotatable bonds is 1. The molecule has 2 aliphatic heterocycles. The summed E-state index contributed by atoms with van der Waals surface area (Å²) in [6.45, 7) is 3.11. The van der Waals surface area contributed by atoms with Crippen LogP contribution >= 0.6 is 11.3 Å². The van der Waals surface area contributed by atoms with Crippen molar-refractivity contribution in [1.82, 2.24) is 15.1 Å². The molecule has 6 heteroatoms. The second-order valence-electron chi connectivity index (χ2n) is 7.73. The number of nitrogens with zero attached hydrogens (tertiary/aromatic N) is 2. The molecule has 2 saturated heterocycles. The third-order valence-electron chi connectivity index (χ3n) is 6.31. The summed E-state index contributed by atoms with van der Waals surface area (Å²) in [6.07, 6.45) is 6.94. The van der Waals surface area contributed by atoms with Gasteiger partial charge in [0, 0.05) is 48.4 Å². The topological polar surface area (TPSA) is 52.6 Å². The Bertz CT molecular complexity index is 686. The summed E-state index contributed by atoms with van der Waals surface area (Å²) in [5, 5.41) is 5.07. The van der Waals surface area contributed by atoms with Gasteiger partial charge in [0.05, 0.1) is 5.56 Å². The van der Waals surface area contributed by atoms with Gasteiger partial charge in [-0.1, -0.05) is 0 Å². The third-order valence-corrected chi connectivity index (χ3v) is 7.40. The minimum absolute atomic E-state index is 0.0663. The van der Waals surface area contributed by atoms with Gasteiger partial charge in [0.1, 0.15) is 0 Å². The molecule has 5 nitrogen and oxygen atoms in total. The van der Waals surface area contributed by atoms with E-state index in [1.807, 2.05) is 4.90 Å². The molecule has 3 heterocycles. The zero-order valence-corrected chi connectivity index (χ0v) is 15.8. The Morgan fingerprint density at radius 1 is 1.20 bits per heavy atom. The first kappa shape index (κ1) is 17.0. The van der Waals surface area contributed by atoms with E-state index in [1.54, 1.807) is 11.3 Å². The summed E-state index contributed by atoms with van der Waals surface area (Å²) in [5.74, 6) is 0.344. The fourth-order valence-electron chi connectivity index (χ4n) is 4.61. The molecule has 0 aromatic carbocycles. The van der Waals surface area contributed by atoms with Crippen molar-refractivity contribution in [1.29, 1.82) is 0 Å². The lowest BCUT2D eigenvalue weighted by Crippen LogP contribution is -2.62. The van der Waals surface area contributed by atoms with Gasteiger partial charge in [-0.25, -0.2) is 0 Å². The zero-order valence-electron chi connectivity index (χ0n) is 15.0. The minimum Gasteiger partial charge on any atom is -0.356 e. The Morgan fingerprint density at radius 3 is 2.92 bits per heavy atom. The lowest BCUT2D eigenvalue weighted by atomic mass is 9.86. The second-order valence-corrected chi connectivity index (χ2v) is 8.69. The molecule has 1 aliphatic carbocycles. The van der Waals surface area contributed by atoms with Crippen LogP contribution in [0.2, 0.25) is 0 Å². The summed E-state index contributed by atoms with van der Waals surface area (Å²) >= 11 is 1.76. The van der Waals surface area contributed by atoms with E-state index >= 15 is 0 Å². The summed E-state index contributed by atoms with van der Waals surface area (Å²) in [4.78, 5) is 30.9. The first-order valence-electron chi connectivity index (χ1n) is 9.45. The fraction of sp³-hybridized carbons (Fsp3) is 0.684. The molecule has 25 heavy (non-hydrogen) atoms. The molecule has 2 fully saturated rings. The predicted molar refractivity (Wildman–Crippen MR) is 99.1 cm³/mol. The van der Waals surface area contributed by atoms with E-state index in [0.717, 1.165) is 50.9 Å². The van der Waals surface area contributed by atoms with E-state index in [1.165, 1.54) is 23.3 Å². The second kappa shape index (κ2) is 6.72. The van der Waals surface area contributed by atoms with Crippen molar-refractivity contribution < 1.29 is 9.59 Å². The molecule has 1 aromatic heterocycles. The lowest BCUT2D eigenvalue weighted by molar-refractivity contribution is -0.121. The van der Waals surface area contributed by atoms with E-state index in [9.17, 15) is 9.59 Å². The third kappa shape index (κ3) is 3.10. The maximum absolute atomic E-state index is 13.2. The summed E-state index contributed by atoms with van der Waals surface area (Å²) in [5.41, 5.74) is 2.19. The van der Waals surface area contributed by atoms with Crippen LogP contribution < -0.4 is 5.32 Å². The number of carbonyl (C=O) groups is 2. The lowest BCUT2D eigenvalue weighted by Gasteiger charge is -2.49. The highest BCUT2D eigenvalue weighted by Gasteiger charge is 2.42. The first-order valence-corrected chi connectivity index (χ1v) is 10.3. The Hall–Kier alpha value is -1.40. The van der Waals surface area contributed by atoms with Gasteiger partial charge >= 0.3 is 0 Å². The van der Waals surface area contributed by atoms with Crippen LogP contribution in [0.3, 0.4) is 0 Å². The molecular formula is C19H27N3O2S. The molecule has 1 aromatic rings. The quantitative estimate of drug-likeness (QED) is 0.833. The molecule has 0 radical (unpaired) electrons. The number of likely N-dealkylation sites (N-methyl/N-ethyl adjacent to an activating group) is 1. The number of hydrogen-bond donors (Lipinski definition) is 1. The molecule has 0 bridgehead atoms. The Kier molecular flexibility index (Phi) is 4.58. The van der Waals surface area contributed by atoms with Gasteiger partial charge in [-0.05, 0) is 51.1 Å². The summed E-state index contributed by atoms with van der Waals surface area (Å²) in [6, 6.07) is 0. The van der Waals surface area contributed by atoms with Crippen molar-refractivity contribution in [3.8, 4) is 0 Å². The van der Waals surface area contributed by atoms with E-state index in [-0.39, 0.29) is 17.4 Å². The summed E-state index contributed by atoms with van der Waals surface area (Å²) < 4.78 is 0. The number of hydrogen-bond acceptors (Lipinski definition) is 4. The molecule has 1 N–H and O–H groups in total. The maximum Gasteiger partial charge on any atom is 0.255 e. The standard InChI is InChI=1S/C19H27N3O2S/c1-21-10-11-22(13-19(21)7-6-17(23)20-9-8-19)18(24)15-12-25-16-5-3-2-4-14(15)16/h12H,2-11,13H2,1H3,(H,20,23)/t19-/m1/s1. The normalized spacial score (nSPS) is 27.7. The van der Waals surface area contributed by atoms with Crippen LogP contribution in [0.4, 0.5) is 0 Å². The number of carbonyl (C=O) groups excluding carboxylic acids is 2. The Labute approximate surface area is 153 Å². The number of nitrogens with one attached hydrogen (secondary N) is 1. The number of amides is 2. The fourth-order valence-corrected chi connectivity index (χ4v) is 5.73. The van der Waals surface area contributed by atoms with Crippen LogP contribution in [0.5, 0.6) is 0 Å². The van der Waals surface area contributed by atoms with Crippen molar-refractivity contribution in [3.05, 3.63) is 21.4 Å². The molecule has 1 spiro atoms. The van der Waals surface area contributed by atoms with Crippen molar-refractivity contribution >= 4 is 23.2 Å². The van der Waals surface area contributed by atoms with Crippen molar-refractivity contribution in [2.75, 3.05) is 33.2 Å². The molecule has 1 atom stereocenters. The van der Waals surface area contributed by atoms with Gasteiger partial charge in [-0.3, -0.25) is 14.5 Å². The Morgan fingerprint density at radius 2 is 2.04 bits per heavy atom. The van der Waals surface area contributed by atoms with Crippen LogP contribution in [0.1, 0.15) is 52.9 Å². The van der Waals surface area contributed by atoms with Crippen LogP contribution in [0.25, 0.3) is 0 Å². The van der Waals surface area contributed by atoms with Crippen molar-refractivity contribution in [3.63, 3.8) is 0 Å². The van der Waals surface area contributed by atoms with Crippen LogP contribution in [0.15, 0.2) is 5.38 Å².